The van der Waals surface area contributed by atoms with Crippen LogP contribution in [0, 0.1) is 11.6 Å². The van der Waals surface area contributed by atoms with Crippen molar-refractivity contribution in [2.45, 2.75) is 18.9 Å². The minimum atomic E-state index is -0.289. The summed E-state index contributed by atoms with van der Waals surface area (Å²) < 4.78 is 28.6. The van der Waals surface area contributed by atoms with E-state index >= 15 is 4.39 Å². The first-order chi connectivity index (χ1) is 13.0. The minimum Gasteiger partial charge on any atom is -0.382 e. The van der Waals surface area contributed by atoms with Crippen LogP contribution in [0.15, 0.2) is 48.5 Å². The summed E-state index contributed by atoms with van der Waals surface area (Å²) in [5, 5.41) is 7.93. The molecule has 1 atom stereocenters. The number of aromatic nitrogens is 2. The molecule has 0 aliphatic carbocycles. The van der Waals surface area contributed by atoms with Gasteiger partial charge in [0.25, 0.3) is 0 Å². The quantitative estimate of drug-likeness (QED) is 0.746. The van der Waals surface area contributed by atoms with Gasteiger partial charge in [-0.2, -0.15) is 0 Å². The maximum absolute atomic E-state index is 15.3. The predicted octanol–water partition coefficient (Wildman–Crippen LogP) is 3.97. The molecule has 1 aliphatic heterocycles. The standard InChI is InChI=1S/C21H20F2N4/c1-27-9-8-17(13-2-4-16(22)5-3-13)21-15(12-27)10-14(11-18(21)23)19-6-7-20(24)26-25-19/h2-7,10-11,17H,8-9,12H2,1H3,(H2,24,26). The Hall–Kier alpha value is -2.86. The molecule has 0 fully saturated rings. The fourth-order valence-electron chi connectivity index (χ4n) is 3.73. The van der Waals surface area contributed by atoms with E-state index in [1.165, 1.54) is 18.2 Å². The van der Waals surface area contributed by atoms with Crippen LogP contribution in [0.1, 0.15) is 29.0 Å². The van der Waals surface area contributed by atoms with Crippen LogP contribution in [0.25, 0.3) is 11.3 Å². The second-order valence-electron chi connectivity index (χ2n) is 7.00. The van der Waals surface area contributed by atoms with E-state index in [0.717, 1.165) is 24.1 Å². The van der Waals surface area contributed by atoms with Gasteiger partial charge in [0.05, 0.1) is 5.69 Å². The number of hydrogen-bond acceptors (Lipinski definition) is 4. The molecule has 0 radical (unpaired) electrons. The Bertz CT molecular complexity index is 955. The molecule has 0 bridgehead atoms. The Kier molecular flexibility index (Phi) is 4.58. The Labute approximate surface area is 156 Å². The first-order valence-electron chi connectivity index (χ1n) is 8.87. The Balaban J connectivity index is 1.83. The zero-order chi connectivity index (χ0) is 19.0. The van der Waals surface area contributed by atoms with Crippen molar-refractivity contribution in [1.82, 2.24) is 15.1 Å². The first kappa shape index (κ1) is 17.5. The van der Waals surface area contributed by atoms with E-state index in [1.807, 2.05) is 13.1 Å². The van der Waals surface area contributed by atoms with Gasteiger partial charge in [-0.05, 0) is 73.1 Å². The summed E-state index contributed by atoms with van der Waals surface area (Å²) in [6.07, 6.45) is 0.771. The topological polar surface area (TPSA) is 55.0 Å². The average molecular weight is 366 g/mol. The Morgan fingerprint density at radius 2 is 1.81 bits per heavy atom. The zero-order valence-corrected chi connectivity index (χ0v) is 15.0. The van der Waals surface area contributed by atoms with Crippen LogP contribution in [0.5, 0.6) is 0 Å². The SMILES string of the molecule is CN1CCC(c2ccc(F)cc2)c2c(F)cc(-c3ccc(N)nn3)cc2C1. The van der Waals surface area contributed by atoms with Crippen molar-refractivity contribution in [2.24, 2.45) is 0 Å². The molecule has 0 spiro atoms. The highest BCUT2D eigenvalue weighted by atomic mass is 19.1. The number of hydrogen-bond donors (Lipinski definition) is 1. The molecule has 4 rings (SSSR count). The summed E-state index contributed by atoms with van der Waals surface area (Å²) in [5.74, 6) is -0.351. The van der Waals surface area contributed by atoms with Crippen molar-refractivity contribution >= 4 is 5.82 Å². The Morgan fingerprint density at radius 1 is 1.04 bits per heavy atom. The fourth-order valence-corrected chi connectivity index (χ4v) is 3.73. The van der Waals surface area contributed by atoms with Crippen molar-refractivity contribution in [3.8, 4) is 11.3 Å². The molecule has 4 nitrogen and oxygen atoms in total. The van der Waals surface area contributed by atoms with Gasteiger partial charge in [-0.1, -0.05) is 12.1 Å². The number of fused-ring (bicyclic) bond motifs is 1. The maximum Gasteiger partial charge on any atom is 0.146 e. The lowest BCUT2D eigenvalue weighted by Gasteiger charge is -2.19. The van der Waals surface area contributed by atoms with E-state index in [4.69, 9.17) is 5.73 Å². The van der Waals surface area contributed by atoms with E-state index in [2.05, 4.69) is 15.1 Å². The maximum atomic E-state index is 15.3. The largest absolute Gasteiger partial charge is 0.382 e. The minimum absolute atomic E-state index is 0.114. The number of halogens is 2. The van der Waals surface area contributed by atoms with Gasteiger partial charge in [-0.3, -0.25) is 0 Å². The van der Waals surface area contributed by atoms with Gasteiger partial charge in [0, 0.05) is 18.0 Å². The number of nitrogens with two attached hydrogens (primary N) is 1. The highest BCUT2D eigenvalue weighted by Crippen LogP contribution is 2.37. The summed E-state index contributed by atoms with van der Waals surface area (Å²) >= 11 is 0. The van der Waals surface area contributed by atoms with E-state index in [9.17, 15) is 4.39 Å². The molecule has 138 valence electrons. The van der Waals surface area contributed by atoms with Crippen LogP contribution in [-0.4, -0.2) is 28.7 Å². The van der Waals surface area contributed by atoms with E-state index < -0.39 is 0 Å². The average Bonchev–Trinajstić information content (AvgIpc) is 2.81. The lowest BCUT2D eigenvalue weighted by Crippen LogP contribution is -2.17. The molecule has 0 saturated carbocycles. The smallest absolute Gasteiger partial charge is 0.146 e. The van der Waals surface area contributed by atoms with E-state index in [-0.39, 0.29) is 17.6 Å². The van der Waals surface area contributed by atoms with Crippen molar-refractivity contribution in [3.63, 3.8) is 0 Å². The summed E-state index contributed by atoms with van der Waals surface area (Å²) in [5.41, 5.74) is 9.37. The second kappa shape index (κ2) is 7.04. The van der Waals surface area contributed by atoms with Crippen molar-refractivity contribution in [1.29, 1.82) is 0 Å². The third-order valence-electron chi connectivity index (χ3n) is 5.06. The number of nitrogens with zero attached hydrogens (tertiary/aromatic N) is 3. The van der Waals surface area contributed by atoms with Gasteiger partial charge < -0.3 is 10.6 Å². The van der Waals surface area contributed by atoms with Crippen LogP contribution >= 0.6 is 0 Å². The molecule has 2 heterocycles. The van der Waals surface area contributed by atoms with Crippen LogP contribution in [0.2, 0.25) is 0 Å². The number of benzene rings is 2. The highest BCUT2D eigenvalue weighted by molar-refractivity contribution is 5.62. The lowest BCUT2D eigenvalue weighted by molar-refractivity contribution is 0.328. The van der Waals surface area contributed by atoms with Crippen molar-refractivity contribution in [3.05, 3.63) is 76.9 Å². The van der Waals surface area contributed by atoms with E-state index in [0.29, 0.717) is 29.2 Å². The zero-order valence-electron chi connectivity index (χ0n) is 15.0. The van der Waals surface area contributed by atoms with Gasteiger partial charge in [-0.25, -0.2) is 8.78 Å². The molecule has 1 aromatic heterocycles. The monoisotopic (exact) mass is 366 g/mol. The Morgan fingerprint density at radius 3 is 2.52 bits per heavy atom. The van der Waals surface area contributed by atoms with Crippen LogP contribution in [-0.2, 0) is 6.54 Å². The molecule has 0 saturated heterocycles. The molecule has 1 unspecified atom stereocenters. The summed E-state index contributed by atoms with van der Waals surface area (Å²) in [6, 6.07) is 13.2. The molecular weight excluding hydrogens is 346 g/mol. The number of rotatable bonds is 2. The van der Waals surface area contributed by atoms with Gasteiger partial charge in [0.2, 0.25) is 0 Å². The second-order valence-corrected chi connectivity index (χ2v) is 7.00. The van der Waals surface area contributed by atoms with Crippen LogP contribution in [0.4, 0.5) is 14.6 Å². The summed E-state index contributed by atoms with van der Waals surface area (Å²) in [4.78, 5) is 2.17. The molecule has 2 N–H and O–H groups in total. The van der Waals surface area contributed by atoms with Crippen molar-refractivity contribution < 1.29 is 8.78 Å². The van der Waals surface area contributed by atoms with Crippen LogP contribution in [0.3, 0.4) is 0 Å². The molecule has 2 aromatic carbocycles. The lowest BCUT2D eigenvalue weighted by atomic mass is 9.85. The number of nitrogen functional groups attached to an aromatic ring is 1. The van der Waals surface area contributed by atoms with E-state index in [1.54, 1.807) is 24.3 Å². The first-order valence-corrected chi connectivity index (χ1v) is 8.87. The molecule has 6 heteroatoms. The molecule has 1 aliphatic rings. The van der Waals surface area contributed by atoms with Gasteiger partial charge in [0.1, 0.15) is 17.5 Å². The number of anilines is 1. The fraction of sp³-hybridized carbons (Fsp3) is 0.238. The molecular formula is C21H20F2N4. The van der Waals surface area contributed by atoms with Crippen LogP contribution < -0.4 is 5.73 Å². The predicted molar refractivity (Wildman–Crippen MR) is 101 cm³/mol. The van der Waals surface area contributed by atoms with Gasteiger partial charge in [0.15, 0.2) is 0 Å². The summed E-state index contributed by atoms with van der Waals surface area (Å²) in [6.45, 7) is 1.47. The third kappa shape index (κ3) is 3.53. The van der Waals surface area contributed by atoms with Crippen molar-refractivity contribution in [2.75, 3.05) is 19.3 Å². The van der Waals surface area contributed by atoms with Gasteiger partial charge in [-0.15, -0.1) is 10.2 Å². The molecule has 0 amide bonds. The molecule has 27 heavy (non-hydrogen) atoms. The summed E-state index contributed by atoms with van der Waals surface area (Å²) in [7, 11) is 2.02. The highest BCUT2D eigenvalue weighted by Gasteiger charge is 2.26. The normalized spacial score (nSPS) is 17.4. The van der Waals surface area contributed by atoms with Gasteiger partial charge >= 0.3 is 0 Å². The third-order valence-corrected chi connectivity index (χ3v) is 5.06. The molecule has 3 aromatic rings.